The minimum absolute atomic E-state index is 0.0209. The van der Waals surface area contributed by atoms with E-state index in [1.54, 1.807) is 12.4 Å². The minimum atomic E-state index is -0.0209. The third-order valence-corrected chi connectivity index (χ3v) is 4.87. The first-order chi connectivity index (χ1) is 11.6. The Morgan fingerprint density at radius 3 is 2.71 bits per heavy atom. The van der Waals surface area contributed by atoms with Crippen LogP contribution in [0, 0.1) is 19.8 Å². The summed E-state index contributed by atoms with van der Waals surface area (Å²) in [6, 6.07) is 7.91. The number of carbonyl (C=O) groups is 1. The SMILES string of the molecule is Cc1cccc(N(C)C(=O)[C@H]2CCCN(c3ncccn3)C2)c1C. The van der Waals surface area contributed by atoms with Crippen molar-refractivity contribution in [1.82, 2.24) is 9.97 Å². The fraction of sp³-hybridized carbons (Fsp3) is 0.421. The maximum Gasteiger partial charge on any atom is 0.231 e. The molecule has 1 saturated heterocycles. The summed E-state index contributed by atoms with van der Waals surface area (Å²) in [5.41, 5.74) is 3.36. The number of nitrogens with zero attached hydrogens (tertiary/aromatic N) is 4. The standard InChI is InChI=1S/C19H24N4O/c1-14-7-4-9-17(15(14)2)22(3)18(24)16-8-5-12-23(13-16)19-20-10-6-11-21-19/h4,6-7,9-11,16H,5,8,12-13H2,1-3H3/t16-/m0/s1. The summed E-state index contributed by atoms with van der Waals surface area (Å²) in [6.07, 6.45) is 5.39. The molecular formula is C19H24N4O. The molecule has 1 aromatic carbocycles. The number of piperidine rings is 1. The minimum Gasteiger partial charge on any atom is -0.340 e. The third kappa shape index (κ3) is 3.25. The number of anilines is 2. The molecule has 0 spiro atoms. The van der Waals surface area contributed by atoms with Gasteiger partial charge in [-0.3, -0.25) is 4.79 Å². The van der Waals surface area contributed by atoms with Crippen LogP contribution in [0.2, 0.25) is 0 Å². The van der Waals surface area contributed by atoms with Crippen molar-refractivity contribution in [2.75, 3.05) is 29.9 Å². The second kappa shape index (κ2) is 6.99. The summed E-state index contributed by atoms with van der Waals surface area (Å²) >= 11 is 0. The van der Waals surface area contributed by atoms with Gasteiger partial charge < -0.3 is 9.80 Å². The highest BCUT2D eigenvalue weighted by molar-refractivity contribution is 5.95. The molecule has 2 aromatic rings. The van der Waals surface area contributed by atoms with Gasteiger partial charge in [0.15, 0.2) is 0 Å². The van der Waals surface area contributed by atoms with Gasteiger partial charge in [0.25, 0.3) is 0 Å². The molecule has 24 heavy (non-hydrogen) atoms. The average Bonchev–Trinajstić information content (AvgIpc) is 2.63. The van der Waals surface area contributed by atoms with Crippen molar-refractivity contribution in [3.05, 3.63) is 47.8 Å². The molecule has 5 heteroatoms. The number of rotatable bonds is 3. The van der Waals surface area contributed by atoms with E-state index in [2.05, 4.69) is 34.8 Å². The first kappa shape index (κ1) is 16.4. The number of hydrogen-bond acceptors (Lipinski definition) is 4. The van der Waals surface area contributed by atoms with Crippen molar-refractivity contribution < 1.29 is 4.79 Å². The van der Waals surface area contributed by atoms with E-state index in [1.165, 1.54) is 5.56 Å². The van der Waals surface area contributed by atoms with Crippen LogP contribution < -0.4 is 9.80 Å². The lowest BCUT2D eigenvalue weighted by atomic mass is 9.96. The summed E-state index contributed by atoms with van der Waals surface area (Å²) in [7, 11) is 1.88. The van der Waals surface area contributed by atoms with Gasteiger partial charge in [-0.25, -0.2) is 9.97 Å². The van der Waals surface area contributed by atoms with E-state index < -0.39 is 0 Å². The first-order valence-electron chi connectivity index (χ1n) is 8.43. The first-order valence-corrected chi connectivity index (χ1v) is 8.43. The Balaban J connectivity index is 1.76. The topological polar surface area (TPSA) is 49.3 Å². The van der Waals surface area contributed by atoms with Crippen LogP contribution in [-0.4, -0.2) is 36.0 Å². The largest absolute Gasteiger partial charge is 0.340 e. The summed E-state index contributed by atoms with van der Waals surface area (Å²) in [6.45, 7) is 5.73. The molecule has 0 bridgehead atoms. The van der Waals surface area contributed by atoms with E-state index in [-0.39, 0.29) is 11.8 Å². The fourth-order valence-electron chi connectivity index (χ4n) is 3.31. The zero-order valence-corrected chi connectivity index (χ0v) is 14.6. The molecule has 1 aliphatic heterocycles. The average molecular weight is 324 g/mol. The molecule has 1 aliphatic rings. The predicted molar refractivity (Wildman–Crippen MR) is 96.3 cm³/mol. The van der Waals surface area contributed by atoms with Gasteiger partial charge >= 0.3 is 0 Å². The number of benzene rings is 1. The van der Waals surface area contributed by atoms with Crippen LogP contribution in [0.1, 0.15) is 24.0 Å². The number of carbonyl (C=O) groups excluding carboxylic acids is 1. The molecular weight excluding hydrogens is 300 g/mol. The van der Waals surface area contributed by atoms with Crippen LogP contribution in [-0.2, 0) is 4.79 Å². The summed E-state index contributed by atoms with van der Waals surface area (Å²) in [5.74, 6) is 0.862. The number of amides is 1. The summed E-state index contributed by atoms with van der Waals surface area (Å²) in [5, 5.41) is 0. The Morgan fingerprint density at radius 1 is 1.21 bits per heavy atom. The Kier molecular flexibility index (Phi) is 4.79. The van der Waals surface area contributed by atoms with Crippen LogP contribution in [0.25, 0.3) is 0 Å². The highest BCUT2D eigenvalue weighted by Gasteiger charge is 2.30. The monoisotopic (exact) mass is 324 g/mol. The Hall–Kier alpha value is -2.43. The van der Waals surface area contributed by atoms with E-state index >= 15 is 0 Å². The lowest BCUT2D eigenvalue weighted by molar-refractivity contribution is -0.122. The molecule has 0 aliphatic carbocycles. The Labute approximate surface area is 143 Å². The van der Waals surface area contributed by atoms with Crippen molar-refractivity contribution >= 4 is 17.5 Å². The lowest BCUT2D eigenvalue weighted by Crippen LogP contribution is -2.44. The highest BCUT2D eigenvalue weighted by atomic mass is 16.2. The van der Waals surface area contributed by atoms with Gasteiger partial charge in [0, 0.05) is 38.2 Å². The van der Waals surface area contributed by atoms with Gasteiger partial charge in [-0.05, 0) is 49.9 Å². The zero-order chi connectivity index (χ0) is 17.1. The van der Waals surface area contributed by atoms with Gasteiger partial charge in [-0.15, -0.1) is 0 Å². The van der Waals surface area contributed by atoms with E-state index in [1.807, 2.05) is 30.1 Å². The molecule has 0 saturated carbocycles. The molecule has 5 nitrogen and oxygen atoms in total. The zero-order valence-electron chi connectivity index (χ0n) is 14.6. The van der Waals surface area contributed by atoms with Crippen LogP contribution in [0.5, 0.6) is 0 Å². The van der Waals surface area contributed by atoms with Crippen molar-refractivity contribution in [3.63, 3.8) is 0 Å². The van der Waals surface area contributed by atoms with Crippen LogP contribution >= 0.6 is 0 Å². The molecule has 1 aromatic heterocycles. The maximum absolute atomic E-state index is 13.0. The molecule has 0 unspecified atom stereocenters. The molecule has 3 rings (SSSR count). The van der Waals surface area contributed by atoms with Crippen molar-refractivity contribution in [1.29, 1.82) is 0 Å². The van der Waals surface area contributed by atoms with Gasteiger partial charge in [0.2, 0.25) is 11.9 Å². The summed E-state index contributed by atoms with van der Waals surface area (Å²) in [4.78, 5) is 25.5. The Morgan fingerprint density at radius 2 is 1.96 bits per heavy atom. The predicted octanol–water partition coefficient (Wildman–Crippen LogP) is 2.97. The maximum atomic E-state index is 13.0. The lowest BCUT2D eigenvalue weighted by Gasteiger charge is -2.34. The van der Waals surface area contributed by atoms with E-state index in [0.717, 1.165) is 30.6 Å². The molecule has 0 N–H and O–H groups in total. The molecule has 2 heterocycles. The van der Waals surface area contributed by atoms with Gasteiger partial charge in [0.1, 0.15) is 0 Å². The second-order valence-corrected chi connectivity index (χ2v) is 6.45. The molecule has 0 radical (unpaired) electrons. The van der Waals surface area contributed by atoms with Crippen LogP contribution in [0.4, 0.5) is 11.6 Å². The molecule has 1 fully saturated rings. The molecule has 126 valence electrons. The van der Waals surface area contributed by atoms with E-state index in [4.69, 9.17) is 0 Å². The van der Waals surface area contributed by atoms with E-state index in [0.29, 0.717) is 12.5 Å². The fourth-order valence-corrected chi connectivity index (χ4v) is 3.31. The quantitative estimate of drug-likeness (QED) is 0.871. The summed E-state index contributed by atoms with van der Waals surface area (Å²) < 4.78 is 0. The number of aromatic nitrogens is 2. The van der Waals surface area contributed by atoms with Gasteiger partial charge in [0.05, 0.1) is 5.92 Å². The van der Waals surface area contributed by atoms with Gasteiger partial charge in [-0.2, -0.15) is 0 Å². The van der Waals surface area contributed by atoms with Crippen molar-refractivity contribution in [2.24, 2.45) is 5.92 Å². The smallest absolute Gasteiger partial charge is 0.231 e. The second-order valence-electron chi connectivity index (χ2n) is 6.45. The molecule has 1 amide bonds. The molecule has 1 atom stereocenters. The number of aryl methyl sites for hydroxylation is 1. The number of hydrogen-bond donors (Lipinski definition) is 0. The Bertz CT molecular complexity index is 717. The highest BCUT2D eigenvalue weighted by Crippen LogP contribution is 2.26. The normalized spacial score (nSPS) is 17.6. The van der Waals surface area contributed by atoms with Crippen molar-refractivity contribution in [2.45, 2.75) is 26.7 Å². The van der Waals surface area contributed by atoms with Crippen molar-refractivity contribution in [3.8, 4) is 0 Å². The van der Waals surface area contributed by atoms with Crippen LogP contribution in [0.15, 0.2) is 36.7 Å². The van der Waals surface area contributed by atoms with Gasteiger partial charge in [-0.1, -0.05) is 12.1 Å². The third-order valence-electron chi connectivity index (χ3n) is 4.87. The van der Waals surface area contributed by atoms with Crippen LogP contribution in [0.3, 0.4) is 0 Å². The van der Waals surface area contributed by atoms with E-state index in [9.17, 15) is 4.79 Å².